The smallest absolute Gasteiger partial charge is 0.123 e. The minimum absolute atomic E-state index is 0. The summed E-state index contributed by atoms with van der Waals surface area (Å²) in [5, 5.41) is 9.11. The van der Waals surface area contributed by atoms with Gasteiger partial charge in [-0.3, -0.25) is 9.80 Å². The fraction of sp³-hybridized carbons (Fsp3) is 0.429. The Morgan fingerprint density at radius 1 is 0.857 bits per heavy atom. The molecular formula is C21H26Cl2F2N2O. The predicted molar refractivity (Wildman–Crippen MR) is 112 cm³/mol. The van der Waals surface area contributed by atoms with Crippen molar-refractivity contribution in [1.29, 1.82) is 0 Å². The molecule has 1 N–H and O–H groups in total. The van der Waals surface area contributed by atoms with Crippen LogP contribution in [0, 0.1) is 11.6 Å². The van der Waals surface area contributed by atoms with Crippen molar-refractivity contribution >= 4 is 24.8 Å². The SMILES string of the molecule is Cl.Cl.OCCN1CCN(C2CC(c3ccc(F)cc3)c3ccc(F)cc32)CC1. The topological polar surface area (TPSA) is 26.7 Å². The zero-order valence-corrected chi connectivity index (χ0v) is 17.2. The highest BCUT2D eigenvalue weighted by Crippen LogP contribution is 2.47. The van der Waals surface area contributed by atoms with Gasteiger partial charge >= 0.3 is 0 Å². The van der Waals surface area contributed by atoms with Crippen LogP contribution >= 0.6 is 24.8 Å². The Balaban J connectivity index is 0.00000140. The zero-order chi connectivity index (χ0) is 18.1. The van der Waals surface area contributed by atoms with Crippen LogP contribution < -0.4 is 0 Å². The van der Waals surface area contributed by atoms with Crippen molar-refractivity contribution < 1.29 is 13.9 Å². The van der Waals surface area contributed by atoms with Gasteiger partial charge in [-0.1, -0.05) is 18.2 Å². The maximum absolute atomic E-state index is 13.9. The lowest BCUT2D eigenvalue weighted by Crippen LogP contribution is -2.48. The average Bonchev–Trinajstić information content (AvgIpc) is 3.02. The second kappa shape index (κ2) is 9.99. The monoisotopic (exact) mass is 430 g/mol. The molecule has 2 aromatic rings. The summed E-state index contributed by atoms with van der Waals surface area (Å²) in [5.41, 5.74) is 3.30. The highest BCUT2D eigenvalue weighted by Gasteiger charge is 2.36. The number of hydrogen-bond acceptors (Lipinski definition) is 3. The lowest BCUT2D eigenvalue weighted by atomic mass is 9.93. The van der Waals surface area contributed by atoms with Gasteiger partial charge in [0.15, 0.2) is 0 Å². The van der Waals surface area contributed by atoms with Crippen molar-refractivity contribution in [2.75, 3.05) is 39.3 Å². The number of halogens is 4. The Hall–Kier alpha value is -1.24. The number of aliphatic hydroxyl groups excluding tert-OH is 1. The van der Waals surface area contributed by atoms with E-state index >= 15 is 0 Å². The van der Waals surface area contributed by atoms with Crippen LogP contribution in [0.15, 0.2) is 42.5 Å². The number of piperazine rings is 1. The zero-order valence-electron chi connectivity index (χ0n) is 15.6. The first-order valence-corrected chi connectivity index (χ1v) is 9.28. The van der Waals surface area contributed by atoms with Crippen LogP contribution in [0.3, 0.4) is 0 Å². The van der Waals surface area contributed by atoms with Crippen LogP contribution in [0.5, 0.6) is 0 Å². The molecule has 4 rings (SSSR count). The van der Waals surface area contributed by atoms with Gasteiger partial charge in [-0.05, 0) is 47.4 Å². The van der Waals surface area contributed by atoms with E-state index in [2.05, 4.69) is 9.80 Å². The van der Waals surface area contributed by atoms with E-state index < -0.39 is 0 Å². The summed E-state index contributed by atoms with van der Waals surface area (Å²) in [6, 6.07) is 12.0. The molecule has 1 aliphatic heterocycles. The van der Waals surface area contributed by atoms with Crippen molar-refractivity contribution in [3.63, 3.8) is 0 Å². The minimum Gasteiger partial charge on any atom is -0.395 e. The normalized spacial score (nSPS) is 22.2. The van der Waals surface area contributed by atoms with Gasteiger partial charge in [0.2, 0.25) is 0 Å². The number of hydrogen-bond donors (Lipinski definition) is 1. The molecule has 1 heterocycles. The van der Waals surface area contributed by atoms with Gasteiger partial charge in [-0.25, -0.2) is 8.78 Å². The second-order valence-electron chi connectivity index (χ2n) is 7.23. The van der Waals surface area contributed by atoms with Gasteiger partial charge in [0.1, 0.15) is 11.6 Å². The lowest BCUT2D eigenvalue weighted by Gasteiger charge is -2.38. The highest BCUT2D eigenvalue weighted by atomic mass is 35.5. The van der Waals surface area contributed by atoms with E-state index in [1.54, 1.807) is 6.07 Å². The molecule has 0 bridgehead atoms. The summed E-state index contributed by atoms with van der Waals surface area (Å²) in [5.74, 6) is -0.262. The fourth-order valence-corrected chi connectivity index (χ4v) is 4.43. The number of β-amino-alcohol motifs (C(OH)–C–C–N with tert-alkyl or cyclic N) is 1. The van der Waals surface area contributed by atoms with Crippen LogP contribution in [0.25, 0.3) is 0 Å². The van der Waals surface area contributed by atoms with Gasteiger partial charge in [0.25, 0.3) is 0 Å². The van der Waals surface area contributed by atoms with Crippen LogP contribution in [0.1, 0.15) is 35.1 Å². The Kier molecular flexibility index (Phi) is 8.22. The largest absolute Gasteiger partial charge is 0.395 e. The van der Waals surface area contributed by atoms with Crippen LogP contribution in [-0.4, -0.2) is 54.2 Å². The molecule has 2 aromatic carbocycles. The molecule has 0 aromatic heterocycles. The van der Waals surface area contributed by atoms with E-state index in [1.807, 2.05) is 18.2 Å². The van der Waals surface area contributed by atoms with Crippen molar-refractivity contribution in [1.82, 2.24) is 9.80 Å². The number of nitrogens with zero attached hydrogens (tertiary/aromatic N) is 2. The van der Waals surface area contributed by atoms with Gasteiger partial charge in [0, 0.05) is 44.7 Å². The number of fused-ring (bicyclic) bond motifs is 1. The maximum Gasteiger partial charge on any atom is 0.123 e. The Morgan fingerprint density at radius 3 is 2.14 bits per heavy atom. The van der Waals surface area contributed by atoms with Crippen molar-refractivity contribution in [3.8, 4) is 0 Å². The second-order valence-corrected chi connectivity index (χ2v) is 7.23. The number of aliphatic hydroxyl groups is 1. The molecule has 7 heteroatoms. The Bertz CT molecular complexity index is 768. The first-order chi connectivity index (χ1) is 12.7. The average molecular weight is 431 g/mol. The molecule has 0 saturated carbocycles. The molecule has 1 fully saturated rings. The fourth-order valence-electron chi connectivity index (χ4n) is 4.43. The van der Waals surface area contributed by atoms with Crippen LogP contribution in [0.4, 0.5) is 8.78 Å². The molecule has 1 saturated heterocycles. The Morgan fingerprint density at radius 2 is 1.50 bits per heavy atom. The Labute approximate surface area is 177 Å². The standard InChI is InChI=1S/C21H24F2N2O.2ClH/c22-16-3-1-15(2-4-16)19-14-21(20-13-17(23)5-6-18(19)20)25-9-7-24(8-10-25)11-12-26;;/h1-6,13,19,21,26H,7-12,14H2;2*1H. The third kappa shape index (κ3) is 4.66. The van der Waals surface area contributed by atoms with Gasteiger partial charge in [-0.2, -0.15) is 0 Å². The molecule has 1 aliphatic carbocycles. The molecule has 0 amide bonds. The molecule has 2 aliphatic rings. The maximum atomic E-state index is 13.9. The lowest BCUT2D eigenvalue weighted by molar-refractivity contribution is 0.0826. The van der Waals surface area contributed by atoms with E-state index in [-0.39, 0.29) is 55.0 Å². The van der Waals surface area contributed by atoms with Gasteiger partial charge in [0.05, 0.1) is 6.61 Å². The molecule has 2 atom stereocenters. The van der Waals surface area contributed by atoms with Crippen molar-refractivity contribution in [2.45, 2.75) is 18.4 Å². The molecule has 154 valence electrons. The van der Waals surface area contributed by atoms with E-state index in [1.165, 1.54) is 18.2 Å². The molecule has 2 unspecified atom stereocenters. The van der Waals surface area contributed by atoms with Gasteiger partial charge < -0.3 is 5.11 Å². The first kappa shape index (κ1) is 23.0. The highest BCUT2D eigenvalue weighted by molar-refractivity contribution is 5.85. The summed E-state index contributed by atoms with van der Waals surface area (Å²) in [6.07, 6.45) is 0.893. The number of benzene rings is 2. The predicted octanol–water partition coefficient (Wildman–Crippen LogP) is 4.00. The molecular weight excluding hydrogens is 405 g/mol. The molecule has 0 spiro atoms. The van der Waals surface area contributed by atoms with Crippen molar-refractivity contribution in [3.05, 3.63) is 70.8 Å². The summed E-state index contributed by atoms with van der Waals surface area (Å²) >= 11 is 0. The summed E-state index contributed by atoms with van der Waals surface area (Å²) in [7, 11) is 0. The summed E-state index contributed by atoms with van der Waals surface area (Å²) in [6.45, 7) is 4.56. The molecule has 28 heavy (non-hydrogen) atoms. The third-order valence-electron chi connectivity index (χ3n) is 5.78. The van der Waals surface area contributed by atoms with E-state index in [4.69, 9.17) is 5.11 Å². The van der Waals surface area contributed by atoms with Crippen LogP contribution in [0.2, 0.25) is 0 Å². The third-order valence-corrected chi connectivity index (χ3v) is 5.78. The minimum atomic E-state index is -0.234. The van der Waals surface area contributed by atoms with E-state index in [0.29, 0.717) is 6.54 Å². The van der Waals surface area contributed by atoms with E-state index in [0.717, 1.165) is 49.3 Å². The molecule has 3 nitrogen and oxygen atoms in total. The quantitative estimate of drug-likeness (QED) is 0.793. The van der Waals surface area contributed by atoms with Crippen molar-refractivity contribution in [2.24, 2.45) is 0 Å². The first-order valence-electron chi connectivity index (χ1n) is 9.28. The summed E-state index contributed by atoms with van der Waals surface area (Å²) < 4.78 is 27.3. The number of rotatable bonds is 4. The van der Waals surface area contributed by atoms with E-state index in [9.17, 15) is 8.78 Å². The van der Waals surface area contributed by atoms with Crippen LogP contribution in [-0.2, 0) is 0 Å². The molecule has 0 radical (unpaired) electrons. The summed E-state index contributed by atoms with van der Waals surface area (Å²) in [4.78, 5) is 4.69. The van der Waals surface area contributed by atoms with Gasteiger partial charge in [-0.15, -0.1) is 24.8 Å².